The Labute approximate surface area is 82.1 Å². The van der Waals surface area contributed by atoms with E-state index in [2.05, 4.69) is 25.1 Å². The highest BCUT2D eigenvalue weighted by Gasteiger charge is 2.21. The Morgan fingerprint density at radius 3 is 2.54 bits per heavy atom. The quantitative estimate of drug-likeness (QED) is 0.634. The molecule has 2 heteroatoms. The molecule has 13 heavy (non-hydrogen) atoms. The second-order valence-corrected chi connectivity index (χ2v) is 3.90. The number of hydrogen-bond donors (Lipinski definition) is 1. The van der Waals surface area contributed by atoms with Crippen LogP contribution in [0.2, 0.25) is 0 Å². The van der Waals surface area contributed by atoms with E-state index in [1.807, 2.05) is 7.05 Å². The molecule has 1 unspecified atom stereocenters. The predicted octanol–water partition coefficient (Wildman–Crippen LogP) is 1.80. The van der Waals surface area contributed by atoms with E-state index in [1.165, 1.54) is 0 Å². The van der Waals surface area contributed by atoms with Gasteiger partial charge >= 0.3 is 0 Å². The van der Waals surface area contributed by atoms with Gasteiger partial charge in [-0.25, -0.2) is 0 Å². The molecule has 0 aromatic heterocycles. The van der Waals surface area contributed by atoms with Gasteiger partial charge in [0.1, 0.15) is 0 Å². The molecular weight excluding hydrogens is 162 g/mol. The first-order chi connectivity index (χ1) is 6.05. The second kappa shape index (κ2) is 6.01. The Hall–Kier alpha value is -0.520. The number of terminal acetylenes is 1. The monoisotopic (exact) mass is 183 g/mol. The van der Waals surface area contributed by atoms with Crippen LogP contribution in [0, 0.1) is 12.3 Å². The molecule has 0 aliphatic rings. The number of ether oxygens (including phenoxy) is 1. The van der Waals surface area contributed by atoms with Crippen molar-refractivity contribution >= 4 is 0 Å². The molecule has 0 amide bonds. The van der Waals surface area contributed by atoms with Crippen LogP contribution in [0.1, 0.15) is 33.1 Å². The van der Waals surface area contributed by atoms with Crippen molar-refractivity contribution in [1.29, 1.82) is 0 Å². The van der Waals surface area contributed by atoms with E-state index < -0.39 is 0 Å². The Morgan fingerprint density at radius 1 is 1.54 bits per heavy atom. The van der Waals surface area contributed by atoms with Crippen LogP contribution in [-0.4, -0.2) is 25.8 Å². The van der Waals surface area contributed by atoms with Crippen molar-refractivity contribution in [3.8, 4) is 12.3 Å². The number of rotatable bonds is 6. The summed E-state index contributed by atoms with van der Waals surface area (Å²) >= 11 is 0. The average Bonchev–Trinajstić information content (AvgIpc) is 2.12. The van der Waals surface area contributed by atoms with Crippen LogP contribution in [-0.2, 0) is 4.74 Å². The van der Waals surface area contributed by atoms with E-state index >= 15 is 0 Å². The Kier molecular flexibility index (Phi) is 5.77. The highest BCUT2D eigenvalue weighted by molar-refractivity contribution is 4.87. The van der Waals surface area contributed by atoms with Crippen LogP contribution in [0.15, 0.2) is 0 Å². The van der Waals surface area contributed by atoms with E-state index in [-0.39, 0.29) is 5.60 Å². The lowest BCUT2D eigenvalue weighted by Gasteiger charge is -2.28. The molecule has 1 N–H and O–H groups in total. The minimum atomic E-state index is -0.0672. The van der Waals surface area contributed by atoms with E-state index in [4.69, 9.17) is 11.2 Å². The van der Waals surface area contributed by atoms with Gasteiger partial charge in [0, 0.05) is 19.6 Å². The van der Waals surface area contributed by atoms with Gasteiger partial charge in [-0.15, -0.1) is 12.3 Å². The molecule has 0 radical (unpaired) electrons. The molecule has 0 spiro atoms. The van der Waals surface area contributed by atoms with Gasteiger partial charge in [-0.05, 0) is 33.7 Å². The van der Waals surface area contributed by atoms with Gasteiger partial charge in [-0.2, -0.15) is 0 Å². The zero-order valence-electron chi connectivity index (χ0n) is 9.18. The summed E-state index contributed by atoms with van der Waals surface area (Å²) in [5.41, 5.74) is -0.0672. The van der Waals surface area contributed by atoms with Crippen molar-refractivity contribution < 1.29 is 4.74 Å². The van der Waals surface area contributed by atoms with Gasteiger partial charge in [-0.1, -0.05) is 0 Å². The lowest BCUT2D eigenvalue weighted by Crippen LogP contribution is -2.35. The van der Waals surface area contributed by atoms with Crippen LogP contribution in [0.5, 0.6) is 0 Å². The molecule has 0 heterocycles. The minimum Gasteiger partial charge on any atom is -0.379 e. The third-order valence-corrected chi connectivity index (χ3v) is 2.34. The van der Waals surface area contributed by atoms with Crippen molar-refractivity contribution in [2.24, 2.45) is 0 Å². The molecule has 0 bridgehead atoms. The minimum absolute atomic E-state index is 0.0672. The molecule has 0 aromatic rings. The largest absolute Gasteiger partial charge is 0.379 e. The summed E-state index contributed by atoms with van der Waals surface area (Å²) in [4.78, 5) is 0. The fourth-order valence-corrected chi connectivity index (χ4v) is 1.28. The fraction of sp³-hybridized carbons (Fsp3) is 0.818. The van der Waals surface area contributed by atoms with E-state index in [9.17, 15) is 0 Å². The number of methoxy groups -OCH3 is 1. The maximum absolute atomic E-state index is 5.36. The number of nitrogens with one attached hydrogen (secondary N) is 1. The molecule has 0 rings (SSSR count). The van der Waals surface area contributed by atoms with Crippen molar-refractivity contribution in [3.05, 3.63) is 0 Å². The lowest BCUT2D eigenvalue weighted by atomic mass is 9.96. The molecule has 76 valence electrons. The highest BCUT2D eigenvalue weighted by Crippen LogP contribution is 2.17. The summed E-state index contributed by atoms with van der Waals surface area (Å²) in [7, 11) is 3.71. The maximum Gasteiger partial charge on any atom is 0.0637 e. The van der Waals surface area contributed by atoms with Crippen molar-refractivity contribution in [3.63, 3.8) is 0 Å². The molecule has 0 fully saturated rings. The first-order valence-corrected chi connectivity index (χ1v) is 4.71. The van der Waals surface area contributed by atoms with Crippen LogP contribution >= 0.6 is 0 Å². The molecular formula is C11H21NO. The molecule has 0 aliphatic heterocycles. The summed E-state index contributed by atoms with van der Waals surface area (Å²) in [6.07, 6.45) is 8.04. The van der Waals surface area contributed by atoms with E-state index in [0.717, 1.165) is 19.3 Å². The summed E-state index contributed by atoms with van der Waals surface area (Å²) in [6.45, 7) is 4.18. The molecule has 0 aliphatic carbocycles. The standard InChI is InChI=1S/C11H21NO/c1-6-7-8-10(12-4)9-11(2,3)13-5/h1,10,12H,7-9H2,2-5H3. The summed E-state index contributed by atoms with van der Waals surface area (Å²) in [6, 6.07) is 0.450. The van der Waals surface area contributed by atoms with Gasteiger partial charge in [0.2, 0.25) is 0 Å². The summed E-state index contributed by atoms with van der Waals surface area (Å²) in [5.74, 6) is 2.66. The van der Waals surface area contributed by atoms with Crippen molar-refractivity contribution in [2.45, 2.75) is 44.8 Å². The zero-order valence-corrected chi connectivity index (χ0v) is 9.18. The molecule has 0 saturated carbocycles. The van der Waals surface area contributed by atoms with Gasteiger partial charge < -0.3 is 10.1 Å². The van der Waals surface area contributed by atoms with Crippen LogP contribution < -0.4 is 5.32 Å². The molecule has 2 nitrogen and oxygen atoms in total. The normalized spacial score (nSPS) is 13.8. The summed E-state index contributed by atoms with van der Waals surface area (Å²) in [5, 5.41) is 3.25. The Balaban J connectivity index is 3.91. The second-order valence-electron chi connectivity index (χ2n) is 3.90. The topological polar surface area (TPSA) is 21.3 Å². The lowest BCUT2D eigenvalue weighted by molar-refractivity contribution is 0.00713. The molecule has 0 aromatic carbocycles. The van der Waals surface area contributed by atoms with Crippen molar-refractivity contribution in [1.82, 2.24) is 5.32 Å². The first-order valence-electron chi connectivity index (χ1n) is 4.71. The van der Waals surface area contributed by atoms with Gasteiger partial charge in [0.25, 0.3) is 0 Å². The van der Waals surface area contributed by atoms with E-state index in [0.29, 0.717) is 6.04 Å². The number of hydrogen-bond acceptors (Lipinski definition) is 2. The van der Waals surface area contributed by atoms with E-state index in [1.54, 1.807) is 7.11 Å². The average molecular weight is 183 g/mol. The van der Waals surface area contributed by atoms with Crippen LogP contribution in [0.3, 0.4) is 0 Å². The highest BCUT2D eigenvalue weighted by atomic mass is 16.5. The fourth-order valence-electron chi connectivity index (χ4n) is 1.28. The smallest absolute Gasteiger partial charge is 0.0637 e. The van der Waals surface area contributed by atoms with Crippen LogP contribution in [0.25, 0.3) is 0 Å². The third kappa shape index (κ3) is 5.68. The third-order valence-electron chi connectivity index (χ3n) is 2.34. The summed E-state index contributed by atoms with van der Waals surface area (Å²) < 4.78 is 5.36. The van der Waals surface area contributed by atoms with Crippen LogP contribution in [0.4, 0.5) is 0 Å². The molecule has 1 atom stereocenters. The van der Waals surface area contributed by atoms with Crippen molar-refractivity contribution in [2.75, 3.05) is 14.2 Å². The maximum atomic E-state index is 5.36. The SMILES string of the molecule is C#CCCC(CC(C)(C)OC)NC. The van der Waals surface area contributed by atoms with Gasteiger partial charge in [-0.3, -0.25) is 0 Å². The first kappa shape index (κ1) is 12.5. The Morgan fingerprint density at radius 2 is 2.15 bits per heavy atom. The van der Waals surface area contributed by atoms with Gasteiger partial charge in [0.05, 0.1) is 5.60 Å². The van der Waals surface area contributed by atoms with Gasteiger partial charge in [0.15, 0.2) is 0 Å². The molecule has 0 saturated heterocycles. The Bertz CT molecular complexity index is 169. The zero-order chi connectivity index (χ0) is 10.3. The predicted molar refractivity (Wildman–Crippen MR) is 56.6 cm³/mol.